The van der Waals surface area contributed by atoms with Crippen LogP contribution >= 0.6 is 11.6 Å². The maximum atomic E-state index is 6.21. The highest BCUT2D eigenvalue weighted by molar-refractivity contribution is 6.33. The Balaban J connectivity index is 2.07. The Bertz CT molecular complexity index is 728. The molecule has 1 heterocycles. The Labute approximate surface area is 115 Å². The highest BCUT2D eigenvalue weighted by Gasteiger charge is 2.08. The van der Waals surface area contributed by atoms with Crippen LogP contribution in [0.25, 0.3) is 10.9 Å². The van der Waals surface area contributed by atoms with Gasteiger partial charge in [-0.05, 0) is 30.7 Å². The van der Waals surface area contributed by atoms with Gasteiger partial charge in [0.25, 0.3) is 0 Å². The van der Waals surface area contributed by atoms with Crippen LogP contribution < -0.4 is 11.1 Å². The van der Waals surface area contributed by atoms with Gasteiger partial charge >= 0.3 is 0 Å². The second-order valence-corrected chi connectivity index (χ2v) is 4.86. The number of nitrogen functional groups attached to an aromatic ring is 1. The standard InChI is InChI=1S/C14H13ClN4/c1-8-3-2-4-10(15)14(8)18-13-6-12-9(5-11(13)16)7-17-19-12/h2-7,18H,16H2,1H3,(H,17,19). The van der Waals surface area contributed by atoms with Crippen LogP contribution in [0.2, 0.25) is 5.02 Å². The molecule has 5 heteroatoms. The van der Waals surface area contributed by atoms with Crippen molar-refractivity contribution in [3.63, 3.8) is 0 Å². The molecule has 0 unspecified atom stereocenters. The SMILES string of the molecule is Cc1cccc(Cl)c1Nc1cc2[nH]ncc2cc1N. The number of benzene rings is 2. The molecule has 4 nitrogen and oxygen atoms in total. The topological polar surface area (TPSA) is 66.7 Å². The fraction of sp³-hybridized carbons (Fsp3) is 0.0714. The van der Waals surface area contributed by atoms with Gasteiger partial charge in [-0.1, -0.05) is 23.7 Å². The van der Waals surface area contributed by atoms with Crippen molar-refractivity contribution in [2.75, 3.05) is 11.1 Å². The zero-order chi connectivity index (χ0) is 13.4. The first-order chi connectivity index (χ1) is 9.15. The number of H-pyrrole nitrogens is 1. The number of aromatic nitrogens is 2. The van der Waals surface area contributed by atoms with E-state index in [0.29, 0.717) is 10.7 Å². The van der Waals surface area contributed by atoms with Crippen molar-refractivity contribution < 1.29 is 0 Å². The molecule has 0 aliphatic heterocycles. The molecule has 96 valence electrons. The number of nitrogens with one attached hydrogen (secondary N) is 2. The molecule has 0 aliphatic rings. The lowest BCUT2D eigenvalue weighted by Crippen LogP contribution is -1.98. The number of fused-ring (bicyclic) bond motifs is 1. The largest absolute Gasteiger partial charge is 0.397 e. The number of hydrogen-bond acceptors (Lipinski definition) is 3. The quantitative estimate of drug-likeness (QED) is 0.621. The minimum absolute atomic E-state index is 0.660. The maximum absolute atomic E-state index is 6.21. The monoisotopic (exact) mass is 272 g/mol. The van der Waals surface area contributed by atoms with Crippen molar-refractivity contribution in [3.05, 3.63) is 47.1 Å². The number of aromatic amines is 1. The molecule has 2 aromatic carbocycles. The van der Waals surface area contributed by atoms with E-state index in [2.05, 4.69) is 15.5 Å². The summed E-state index contributed by atoms with van der Waals surface area (Å²) in [5.74, 6) is 0. The van der Waals surface area contributed by atoms with Gasteiger partial charge < -0.3 is 11.1 Å². The number of rotatable bonds is 2. The number of halogens is 1. The molecule has 0 radical (unpaired) electrons. The van der Waals surface area contributed by atoms with E-state index in [1.807, 2.05) is 37.3 Å². The van der Waals surface area contributed by atoms with Gasteiger partial charge in [-0.3, -0.25) is 5.10 Å². The van der Waals surface area contributed by atoms with Gasteiger partial charge in [0, 0.05) is 5.39 Å². The lowest BCUT2D eigenvalue weighted by atomic mass is 10.1. The number of hydrogen-bond donors (Lipinski definition) is 3. The summed E-state index contributed by atoms with van der Waals surface area (Å²) >= 11 is 6.21. The van der Waals surface area contributed by atoms with Gasteiger partial charge in [0.05, 0.1) is 33.8 Å². The van der Waals surface area contributed by atoms with E-state index in [-0.39, 0.29) is 0 Å². The molecule has 0 fully saturated rings. The summed E-state index contributed by atoms with van der Waals surface area (Å²) in [6.45, 7) is 2.00. The van der Waals surface area contributed by atoms with Crippen molar-refractivity contribution in [1.29, 1.82) is 0 Å². The number of nitrogens with two attached hydrogens (primary N) is 1. The fourth-order valence-electron chi connectivity index (χ4n) is 2.04. The third kappa shape index (κ3) is 2.11. The Morgan fingerprint density at radius 3 is 2.95 bits per heavy atom. The van der Waals surface area contributed by atoms with Gasteiger partial charge in [-0.2, -0.15) is 5.10 Å². The van der Waals surface area contributed by atoms with E-state index in [1.165, 1.54) is 0 Å². The van der Waals surface area contributed by atoms with Gasteiger partial charge in [-0.15, -0.1) is 0 Å². The molecular weight excluding hydrogens is 260 g/mol. The molecule has 3 rings (SSSR count). The van der Waals surface area contributed by atoms with Gasteiger partial charge in [0.2, 0.25) is 0 Å². The molecule has 3 aromatic rings. The Morgan fingerprint density at radius 1 is 1.32 bits per heavy atom. The first kappa shape index (κ1) is 11.9. The predicted molar refractivity (Wildman–Crippen MR) is 80.0 cm³/mol. The van der Waals surface area contributed by atoms with Crippen molar-refractivity contribution in [2.24, 2.45) is 0 Å². The molecule has 0 bridgehead atoms. The average Bonchev–Trinajstić information content (AvgIpc) is 2.81. The van der Waals surface area contributed by atoms with E-state index in [9.17, 15) is 0 Å². The van der Waals surface area contributed by atoms with E-state index in [4.69, 9.17) is 17.3 Å². The molecule has 0 amide bonds. The first-order valence-corrected chi connectivity index (χ1v) is 6.27. The summed E-state index contributed by atoms with van der Waals surface area (Å²) in [5.41, 5.74) is 10.4. The lowest BCUT2D eigenvalue weighted by molar-refractivity contribution is 1.12. The van der Waals surface area contributed by atoms with Crippen LogP contribution in [0.15, 0.2) is 36.5 Å². The molecule has 0 saturated heterocycles. The zero-order valence-electron chi connectivity index (χ0n) is 10.4. The molecule has 0 aliphatic carbocycles. The smallest absolute Gasteiger partial charge is 0.0672 e. The second kappa shape index (κ2) is 4.48. The minimum Gasteiger partial charge on any atom is -0.397 e. The Kier molecular flexibility index (Phi) is 2.80. The number of aryl methyl sites for hydroxylation is 1. The number of nitrogens with zero attached hydrogens (tertiary/aromatic N) is 1. The van der Waals surface area contributed by atoms with E-state index < -0.39 is 0 Å². The number of anilines is 3. The molecule has 1 aromatic heterocycles. The van der Waals surface area contributed by atoms with Crippen LogP contribution in [0, 0.1) is 6.92 Å². The van der Waals surface area contributed by atoms with Crippen LogP contribution in [-0.4, -0.2) is 10.2 Å². The normalized spacial score (nSPS) is 10.8. The van der Waals surface area contributed by atoms with Crippen LogP contribution in [0.5, 0.6) is 0 Å². The molecule has 0 spiro atoms. The molecule has 19 heavy (non-hydrogen) atoms. The average molecular weight is 273 g/mol. The summed E-state index contributed by atoms with van der Waals surface area (Å²) in [4.78, 5) is 0. The summed E-state index contributed by atoms with van der Waals surface area (Å²) in [6.07, 6.45) is 1.75. The fourth-order valence-corrected chi connectivity index (χ4v) is 2.31. The summed E-state index contributed by atoms with van der Waals surface area (Å²) in [5, 5.41) is 11.9. The summed E-state index contributed by atoms with van der Waals surface area (Å²) < 4.78 is 0. The minimum atomic E-state index is 0.660. The van der Waals surface area contributed by atoms with Gasteiger partial charge in [0.15, 0.2) is 0 Å². The van der Waals surface area contributed by atoms with E-state index in [1.54, 1.807) is 6.20 Å². The van der Waals surface area contributed by atoms with E-state index >= 15 is 0 Å². The molecule has 0 saturated carbocycles. The highest BCUT2D eigenvalue weighted by Crippen LogP contribution is 2.32. The third-order valence-electron chi connectivity index (χ3n) is 3.09. The molecule has 4 N–H and O–H groups in total. The zero-order valence-corrected chi connectivity index (χ0v) is 11.1. The van der Waals surface area contributed by atoms with Crippen molar-refractivity contribution in [2.45, 2.75) is 6.92 Å². The molecular formula is C14H13ClN4. The van der Waals surface area contributed by atoms with E-state index in [0.717, 1.165) is 27.8 Å². The van der Waals surface area contributed by atoms with Gasteiger partial charge in [-0.25, -0.2) is 0 Å². The third-order valence-corrected chi connectivity index (χ3v) is 3.41. The molecule has 0 atom stereocenters. The maximum Gasteiger partial charge on any atom is 0.0672 e. The van der Waals surface area contributed by atoms with Crippen LogP contribution in [0.1, 0.15) is 5.56 Å². The van der Waals surface area contributed by atoms with Gasteiger partial charge in [0.1, 0.15) is 0 Å². The van der Waals surface area contributed by atoms with Crippen LogP contribution in [-0.2, 0) is 0 Å². The number of para-hydroxylation sites is 1. The van der Waals surface area contributed by atoms with Crippen molar-refractivity contribution in [1.82, 2.24) is 10.2 Å². The highest BCUT2D eigenvalue weighted by atomic mass is 35.5. The second-order valence-electron chi connectivity index (χ2n) is 4.45. The van der Waals surface area contributed by atoms with Crippen molar-refractivity contribution in [3.8, 4) is 0 Å². The predicted octanol–water partition coefficient (Wildman–Crippen LogP) is 3.85. The van der Waals surface area contributed by atoms with Crippen LogP contribution in [0.4, 0.5) is 17.1 Å². The lowest BCUT2D eigenvalue weighted by Gasteiger charge is -2.13. The van der Waals surface area contributed by atoms with Crippen LogP contribution in [0.3, 0.4) is 0 Å². The Morgan fingerprint density at radius 2 is 2.16 bits per heavy atom. The summed E-state index contributed by atoms with van der Waals surface area (Å²) in [7, 11) is 0. The Hall–Kier alpha value is -2.20. The summed E-state index contributed by atoms with van der Waals surface area (Å²) in [6, 6.07) is 9.58. The first-order valence-electron chi connectivity index (χ1n) is 5.90. The van der Waals surface area contributed by atoms with Crippen molar-refractivity contribution >= 4 is 39.6 Å².